The molecular formula is C23H28N4O3S. The maximum absolute atomic E-state index is 12.3. The zero-order valence-electron chi connectivity index (χ0n) is 18.3. The number of benzene rings is 2. The first-order chi connectivity index (χ1) is 15.0. The molecule has 1 aromatic heterocycles. The molecule has 0 aliphatic heterocycles. The van der Waals surface area contributed by atoms with Gasteiger partial charge in [-0.1, -0.05) is 30.8 Å². The summed E-state index contributed by atoms with van der Waals surface area (Å²) in [6.45, 7) is 6.74. The van der Waals surface area contributed by atoms with E-state index in [2.05, 4.69) is 22.4 Å². The first kappa shape index (κ1) is 22.7. The van der Waals surface area contributed by atoms with Gasteiger partial charge in [0.1, 0.15) is 11.5 Å². The number of aromatic nitrogens is 3. The topological polar surface area (TPSA) is 78.3 Å². The Hall–Kier alpha value is -3.00. The standard InChI is InChI=1S/C23H28N4O3S/c1-5-17-7-9-18(10-8-17)24-21(28)15-31-23-26-25-22(27(23)6-2)16(3)30-20-13-11-19(29-4)12-14-20/h7-14,16H,5-6,15H2,1-4H3,(H,24,28). The number of carbonyl (C=O) groups is 1. The van der Waals surface area contributed by atoms with Gasteiger partial charge < -0.3 is 19.4 Å². The maximum Gasteiger partial charge on any atom is 0.234 e. The van der Waals surface area contributed by atoms with E-state index in [1.165, 1.54) is 17.3 Å². The summed E-state index contributed by atoms with van der Waals surface area (Å²) in [5.74, 6) is 2.39. The quantitative estimate of drug-likeness (QED) is 0.459. The molecule has 1 unspecified atom stereocenters. The van der Waals surface area contributed by atoms with E-state index < -0.39 is 0 Å². The molecular weight excluding hydrogens is 412 g/mol. The molecule has 1 atom stereocenters. The monoisotopic (exact) mass is 440 g/mol. The molecule has 0 aliphatic rings. The number of rotatable bonds is 10. The van der Waals surface area contributed by atoms with Gasteiger partial charge in [-0.2, -0.15) is 0 Å². The highest BCUT2D eigenvalue weighted by Crippen LogP contribution is 2.26. The minimum atomic E-state index is -0.291. The lowest BCUT2D eigenvalue weighted by Crippen LogP contribution is -2.15. The van der Waals surface area contributed by atoms with Gasteiger partial charge in [0.05, 0.1) is 12.9 Å². The van der Waals surface area contributed by atoms with Crippen LogP contribution < -0.4 is 14.8 Å². The highest BCUT2D eigenvalue weighted by Gasteiger charge is 2.19. The summed E-state index contributed by atoms with van der Waals surface area (Å²) in [6.07, 6.45) is 0.681. The van der Waals surface area contributed by atoms with Crippen LogP contribution in [0.4, 0.5) is 5.69 Å². The zero-order valence-corrected chi connectivity index (χ0v) is 19.1. The average molecular weight is 441 g/mol. The van der Waals surface area contributed by atoms with Crippen molar-refractivity contribution in [2.45, 2.75) is 45.0 Å². The molecule has 164 valence electrons. The fourth-order valence-electron chi connectivity index (χ4n) is 3.07. The van der Waals surface area contributed by atoms with Crippen LogP contribution in [0.1, 0.15) is 38.3 Å². The third-order valence-corrected chi connectivity index (χ3v) is 5.74. The molecule has 0 radical (unpaired) electrons. The molecule has 0 aliphatic carbocycles. The van der Waals surface area contributed by atoms with Crippen molar-refractivity contribution in [2.75, 3.05) is 18.2 Å². The van der Waals surface area contributed by atoms with Crippen molar-refractivity contribution in [3.05, 3.63) is 59.9 Å². The molecule has 0 spiro atoms. The molecule has 7 nitrogen and oxygen atoms in total. The van der Waals surface area contributed by atoms with E-state index in [1.54, 1.807) is 7.11 Å². The Labute approximate surface area is 187 Å². The largest absolute Gasteiger partial charge is 0.497 e. The third kappa shape index (κ3) is 6.01. The third-order valence-electron chi connectivity index (χ3n) is 4.78. The Balaban J connectivity index is 1.59. The van der Waals surface area contributed by atoms with Crippen molar-refractivity contribution in [2.24, 2.45) is 0 Å². The van der Waals surface area contributed by atoms with Crippen LogP contribution in [0.5, 0.6) is 11.5 Å². The number of hydrogen-bond acceptors (Lipinski definition) is 6. The minimum Gasteiger partial charge on any atom is -0.497 e. The van der Waals surface area contributed by atoms with Gasteiger partial charge in [0.15, 0.2) is 17.1 Å². The van der Waals surface area contributed by atoms with Crippen molar-refractivity contribution >= 4 is 23.4 Å². The van der Waals surface area contributed by atoms with E-state index in [1.807, 2.05) is 66.9 Å². The Morgan fingerprint density at radius 1 is 1.06 bits per heavy atom. The smallest absolute Gasteiger partial charge is 0.234 e. The van der Waals surface area contributed by atoms with E-state index >= 15 is 0 Å². The van der Waals surface area contributed by atoms with Crippen molar-refractivity contribution in [3.8, 4) is 11.5 Å². The summed E-state index contributed by atoms with van der Waals surface area (Å²) in [5.41, 5.74) is 2.03. The summed E-state index contributed by atoms with van der Waals surface area (Å²) in [7, 11) is 1.63. The summed E-state index contributed by atoms with van der Waals surface area (Å²) in [5, 5.41) is 12.2. The predicted octanol–water partition coefficient (Wildman–Crippen LogP) is 4.74. The summed E-state index contributed by atoms with van der Waals surface area (Å²) in [4.78, 5) is 12.3. The van der Waals surface area contributed by atoms with Crippen molar-refractivity contribution < 1.29 is 14.3 Å². The molecule has 1 amide bonds. The minimum absolute atomic E-state index is 0.0796. The second-order valence-electron chi connectivity index (χ2n) is 6.91. The van der Waals surface area contributed by atoms with Gasteiger partial charge in [-0.15, -0.1) is 10.2 Å². The van der Waals surface area contributed by atoms with E-state index in [0.29, 0.717) is 11.7 Å². The number of carbonyl (C=O) groups excluding carboxylic acids is 1. The molecule has 31 heavy (non-hydrogen) atoms. The van der Waals surface area contributed by atoms with Crippen LogP contribution >= 0.6 is 11.8 Å². The van der Waals surface area contributed by atoms with Gasteiger partial charge in [0, 0.05) is 12.2 Å². The van der Waals surface area contributed by atoms with Crippen LogP contribution in [-0.4, -0.2) is 33.5 Å². The molecule has 0 saturated heterocycles. The number of amides is 1. The fourth-order valence-corrected chi connectivity index (χ4v) is 3.88. The number of nitrogens with one attached hydrogen (secondary N) is 1. The number of ether oxygens (including phenoxy) is 2. The molecule has 1 N–H and O–H groups in total. The number of anilines is 1. The normalized spacial score (nSPS) is 11.7. The van der Waals surface area contributed by atoms with Crippen LogP contribution in [0.25, 0.3) is 0 Å². The Morgan fingerprint density at radius 3 is 2.35 bits per heavy atom. The SMILES string of the molecule is CCc1ccc(NC(=O)CSc2nnc(C(C)Oc3ccc(OC)cc3)n2CC)cc1. The van der Waals surface area contributed by atoms with Crippen LogP contribution in [0.2, 0.25) is 0 Å². The lowest BCUT2D eigenvalue weighted by atomic mass is 10.1. The molecule has 2 aromatic carbocycles. The summed E-state index contributed by atoms with van der Waals surface area (Å²) < 4.78 is 13.2. The first-order valence-electron chi connectivity index (χ1n) is 10.3. The predicted molar refractivity (Wildman–Crippen MR) is 123 cm³/mol. The first-order valence-corrected chi connectivity index (χ1v) is 11.3. The highest BCUT2D eigenvalue weighted by molar-refractivity contribution is 7.99. The van der Waals surface area contributed by atoms with Gasteiger partial charge in [-0.05, 0) is 62.2 Å². The van der Waals surface area contributed by atoms with E-state index in [4.69, 9.17) is 9.47 Å². The van der Waals surface area contributed by atoms with Gasteiger partial charge >= 0.3 is 0 Å². The fraction of sp³-hybridized carbons (Fsp3) is 0.348. The Kier molecular flexibility index (Phi) is 7.94. The molecule has 3 rings (SSSR count). The number of thioether (sulfide) groups is 1. The van der Waals surface area contributed by atoms with Crippen LogP contribution in [0, 0.1) is 0 Å². The van der Waals surface area contributed by atoms with E-state index in [9.17, 15) is 4.79 Å². The lowest BCUT2D eigenvalue weighted by molar-refractivity contribution is -0.113. The second-order valence-corrected chi connectivity index (χ2v) is 7.85. The number of methoxy groups -OCH3 is 1. The number of hydrogen-bond donors (Lipinski definition) is 1. The number of nitrogens with zero attached hydrogens (tertiary/aromatic N) is 3. The lowest BCUT2D eigenvalue weighted by Gasteiger charge is -2.15. The van der Waals surface area contributed by atoms with E-state index in [-0.39, 0.29) is 17.8 Å². The Morgan fingerprint density at radius 2 is 1.74 bits per heavy atom. The van der Waals surface area contributed by atoms with Crippen molar-refractivity contribution in [3.63, 3.8) is 0 Å². The van der Waals surface area contributed by atoms with Gasteiger partial charge in [-0.25, -0.2) is 0 Å². The molecule has 0 saturated carbocycles. The van der Waals surface area contributed by atoms with Gasteiger partial charge in [0.25, 0.3) is 0 Å². The summed E-state index contributed by atoms with van der Waals surface area (Å²) >= 11 is 1.36. The van der Waals surface area contributed by atoms with Crippen molar-refractivity contribution in [1.29, 1.82) is 0 Å². The molecule has 1 heterocycles. The second kappa shape index (κ2) is 10.9. The van der Waals surface area contributed by atoms with Crippen molar-refractivity contribution in [1.82, 2.24) is 14.8 Å². The number of aryl methyl sites for hydroxylation is 1. The molecule has 3 aromatic rings. The van der Waals surface area contributed by atoms with Crippen LogP contribution in [-0.2, 0) is 17.8 Å². The van der Waals surface area contributed by atoms with E-state index in [0.717, 1.165) is 29.4 Å². The highest BCUT2D eigenvalue weighted by atomic mass is 32.2. The molecule has 8 heteroatoms. The zero-order chi connectivity index (χ0) is 22.2. The maximum atomic E-state index is 12.3. The van der Waals surface area contributed by atoms with Gasteiger partial charge in [0.2, 0.25) is 5.91 Å². The molecule has 0 fully saturated rings. The van der Waals surface area contributed by atoms with Gasteiger partial charge in [-0.3, -0.25) is 4.79 Å². The molecule has 0 bridgehead atoms. The van der Waals surface area contributed by atoms with Crippen LogP contribution in [0.3, 0.4) is 0 Å². The summed E-state index contributed by atoms with van der Waals surface area (Å²) in [6, 6.07) is 15.3. The Bertz CT molecular complexity index is 987. The van der Waals surface area contributed by atoms with Crippen LogP contribution in [0.15, 0.2) is 53.7 Å². The average Bonchev–Trinajstić information content (AvgIpc) is 3.22.